The van der Waals surface area contributed by atoms with Gasteiger partial charge in [-0.2, -0.15) is 0 Å². The van der Waals surface area contributed by atoms with E-state index in [1.807, 2.05) is 36.4 Å². The van der Waals surface area contributed by atoms with Crippen LogP contribution < -0.4 is 0 Å². The van der Waals surface area contributed by atoms with Crippen LogP contribution in [0, 0.1) is 0 Å². The summed E-state index contributed by atoms with van der Waals surface area (Å²) in [4.78, 5) is 15.6. The van der Waals surface area contributed by atoms with E-state index in [9.17, 15) is 9.90 Å². The van der Waals surface area contributed by atoms with Crippen LogP contribution in [0.2, 0.25) is 0 Å². The highest BCUT2D eigenvalue weighted by atomic mass is 16.6. The first kappa shape index (κ1) is 19.6. The van der Waals surface area contributed by atoms with Gasteiger partial charge in [0, 0.05) is 18.0 Å². The van der Waals surface area contributed by atoms with Crippen molar-refractivity contribution in [1.29, 1.82) is 0 Å². The molecule has 2 atom stereocenters. The maximum atomic E-state index is 13.2. The van der Waals surface area contributed by atoms with Crippen molar-refractivity contribution in [3.05, 3.63) is 71.8 Å². The molecule has 0 aromatic heterocycles. The zero-order valence-corrected chi connectivity index (χ0v) is 16.6. The maximum Gasteiger partial charge on any atom is 0.347 e. The molecular weight excluding hydrogens is 338 g/mol. The van der Waals surface area contributed by atoms with Gasteiger partial charge in [0.1, 0.15) is 6.10 Å². The Hall–Kier alpha value is -2.17. The zero-order chi connectivity index (χ0) is 19.7. The number of hydrogen-bond acceptors (Lipinski definition) is 4. The Kier molecular flexibility index (Phi) is 5.41. The van der Waals surface area contributed by atoms with Crippen LogP contribution >= 0.6 is 0 Å². The number of aliphatic hydroxyl groups is 1. The van der Waals surface area contributed by atoms with Gasteiger partial charge in [-0.15, -0.1) is 0 Å². The third-order valence-electron chi connectivity index (χ3n) is 5.90. The molecule has 0 spiro atoms. The van der Waals surface area contributed by atoms with Gasteiger partial charge >= 0.3 is 5.97 Å². The number of carbonyl (C=O) groups is 1. The minimum absolute atomic E-state index is 0.0692. The first-order valence-electron chi connectivity index (χ1n) is 9.52. The number of benzene rings is 2. The highest BCUT2D eigenvalue weighted by Gasteiger charge is 2.45. The molecule has 2 aromatic rings. The minimum Gasteiger partial charge on any atom is -0.460 e. The van der Waals surface area contributed by atoms with E-state index in [0.717, 1.165) is 12.8 Å². The molecule has 0 radical (unpaired) electrons. The molecular formula is C23H29NO3. The second kappa shape index (κ2) is 7.45. The van der Waals surface area contributed by atoms with E-state index < -0.39 is 11.6 Å². The molecule has 0 saturated carbocycles. The summed E-state index contributed by atoms with van der Waals surface area (Å²) in [5.41, 5.74) is -0.859. The first-order chi connectivity index (χ1) is 12.7. The van der Waals surface area contributed by atoms with Gasteiger partial charge in [-0.1, -0.05) is 60.7 Å². The lowest BCUT2D eigenvalue weighted by Gasteiger charge is -2.47. The molecule has 2 unspecified atom stereocenters. The van der Waals surface area contributed by atoms with Gasteiger partial charge in [-0.25, -0.2) is 4.79 Å². The van der Waals surface area contributed by atoms with Crippen LogP contribution in [-0.2, 0) is 15.1 Å². The molecule has 1 aliphatic heterocycles. The quantitative estimate of drug-likeness (QED) is 0.837. The Morgan fingerprint density at radius 3 is 2.00 bits per heavy atom. The Labute approximate surface area is 161 Å². The Bertz CT molecular complexity index is 733. The summed E-state index contributed by atoms with van der Waals surface area (Å²) in [6.07, 6.45) is 1.27. The molecule has 144 valence electrons. The molecule has 27 heavy (non-hydrogen) atoms. The van der Waals surface area contributed by atoms with Gasteiger partial charge in [-0.05, 0) is 45.4 Å². The van der Waals surface area contributed by atoms with Crippen molar-refractivity contribution in [2.24, 2.45) is 0 Å². The van der Waals surface area contributed by atoms with Crippen LogP contribution in [0.25, 0.3) is 0 Å². The molecule has 0 aliphatic carbocycles. The summed E-state index contributed by atoms with van der Waals surface area (Å²) in [7, 11) is 2.10. The van der Waals surface area contributed by atoms with Crippen molar-refractivity contribution in [2.45, 2.75) is 56.9 Å². The minimum atomic E-state index is -1.82. The van der Waals surface area contributed by atoms with Crippen LogP contribution in [0.1, 0.15) is 44.7 Å². The maximum absolute atomic E-state index is 13.2. The lowest BCUT2D eigenvalue weighted by Crippen LogP contribution is -2.55. The van der Waals surface area contributed by atoms with Gasteiger partial charge in [0.2, 0.25) is 5.60 Å². The molecule has 1 saturated heterocycles. The fourth-order valence-corrected chi connectivity index (χ4v) is 4.01. The molecule has 0 bridgehead atoms. The average Bonchev–Trinajstić information content (AvgIpc) is 2.66. The molecule has 1 aliphatic rings. The fourth-order valence-electron chi connectivity index (χ4n) is 4.01. The standard InChI is InChI=1S/C23H29NO3/c1-17-15-20(16-22(2,3)24(17)4)27-21(25)23(26,18-11-7-5-8-12-18)19-13-9-6-10-14-19/h5-14,17,20,26H,15-16H2,1-4H3. The fraction of sp³-hybridized carbons (Fsp3) is 0.435. The largest absolute Gasteiger partial charge is 0.460 e. The Balaban J connectivity index is 1.91. The van der Waals surface area contributed by atoms with Crippen molar-refractivity contribution < 1.29 is 14.6 Å². The SMILES string of the molecule is CC1CC(OC(=O)C(O)(c2ccccc2)c2ccccc2)CC(C)(C)N1C. The van der Waals surface area contributed by atoms with Crippen LogP contribution in [0.5, 0.6) is 0 Å². The van der Waals surface area contributed by atoms with Crippen LogP contribution in [0.3, 0.4) is 0 Å². The summed E-state index contributed by atoms with van der Waals surface area (Å²) < 4.78 is 5.90. The number of likely N-dealkylation sites (tertiary alicyclic amines) is 1. The van der Waals surface area contributed by atoms with Gasteiger partial charge in [0.15, 0.2) is 0 Å². The van der Waals surface area contributed by atoms with Gasteiger partial charge in [-0.3, -0.25) is 4.90 Å². The number of hydrogen-bond donors (Lipinski definition) is 1. The lowest BCUT2D eigenvalue weighted by molar-refractivity contribution is -0.173. The van der Waals surface area contributed by atoms with E-state index in [0.29, 0.717) is 17.2 Å². The molecule has 3 rings (SSSR count). The Morgan fingerprint density at radius 2 is 1.56 bits per heavy atom. The zero-order valence-electron chi connectivity index (χ0n) is 16.6. The van der Waals surface area contributed by atoms with Crippen molar-refractivity contribution in [3.63, 3.8) is 0 Å². The Morgan fingerprint density at radius 1 is 1.07 bits per heavy atom. The average molecular weight is 367 g/mol. The van der Waals surface area contributed by atoms with Crippen molar-refractivity contribution in [2.75, 3.05) is 7.05 Å². The predicted molar refractivity (Wildman–Crippen MR) is 106 cm³/mol. The van der Waals surface area contributed by atoms with E-state index in [1.165, 1.54) is 0 Å². The third kappa shape index (κ3) is 3.78. The highest BCUT2D eigenvalue weighted by molar-refractivity contribution is 5.85. The molecule has 0 amide bonds. The number of nitrogens with zero attached hydrogens (tertiary/aromatic N) is 1. The second-order valence-corrected chi connectivity index (χ2v) is 8.18. The number of piperidine rings is 1. The third-order valence-corrected chi connectivity index (χ3v) is 5.90. The number of carbonyl (C=O) groups excluding carboxylic acids is 1. The van der Waals surface area contributed by atoms with Crippen LogP contribution in [0.15, 0.2) is 60.7 Å². The summed E-state index contributed by atoms with van der Waals surface area (Å²) >= 11 is 0. The van der Waals surface area contributed by atoms with Crippen LogP contribution in [-0.4, -0.2) is 40.7 Å². The molecule has 4 nitrogen and oxygen atoms in total. The molecule has 2 aromatic carbocycles. The van der Waals surface area contributed by atoms with Crippen molar-refractivity contribution in [3.8, 4) is 0 Å². The van der Waals surface area contributed by atoms with Gasteiger partial charge < -0.3 is 9.84 Å². The second-order valence-electron chi connectivity index (χ2n) is 8.18. The topological polar surface area (TPSA) is 49.8 Å². The summed E-state index contributed by atoms with van der Waals surface area (Å²) in [6, 6.07) is 18.3. The number of ether oxygens (including phenoxy) is 1. The summed E-state index contributed by atoms with van der Waals surface area (Å²) in [5.74, 6) is -0.613. The molecule has 4 heteroatoms. The normalized spacial score (nSPS) is 23.0. The first-order valence-corrected chi connectivity index (χ1v) is 9.52. The number of esters is 1. The number of rotatable bonds is 4. The van der Waals surface area contributed by atoms with Gasteiger partial charge in [0.05, 0.1) is 0 Å². The highest BCUT2D eigenvalue weighted by Crippen LogP contribution is 2.35. The van der Waals surface area contributed by atoms with E-state index in [-0.39, 0.29) is 11.6 Å². The summed E-state index contributed by atoms with van der Waals surface area (Å²) in [5, 5.41) is 11.5. The smallest absolute Gasteiger partial charge is 0.347 e. The lowest BCUT2D eigenvalue weighted by atomic mass is 9.84. The van der Waals surface area contributed by atoms with E-state index in [2.05, 4.69) is 32.7 Å². The monoisotopic (exact) mass is 367 g/mol. The van der Waals surface area contributed by atoms with Gasteiger partial charge in [0.25, 0.3) is 0 Å². The van der Waals surface area contributed by atoms with E-state index in [4.69, 9.17) is 4.74 Å². The van der Waals surface area contributed by atoms with E-state index >= 15 is 0 Å². The molecule has 1 heterocycles. The van der Waals surface area contributed by atoms with Crippen LogP contribution in [0.4, 0.5) is 0 Å². The molecule has 1 N–H and O–H groups in total. The van der Waals surface area contributed by atoms with E-state index in [1.54, 1.807) is 24.3 Å². The van der Waals surface area contributed by atoms with Crippen molar-refractivity contribution >= 4 is 5.97 Å². The summed E-state index contributed by atoms with van der Waals surface area (Å²) in [6.45, 7) is 6.45. The molecule has 1 fully saturated rings. The van der Waals surface area contributed by atoms with Crippen molar-refractivity contribution in [1.82, 2.24) is 4.90 Å². The predicted octanol–water partition coefficient (Wildman–Crippen LogP) is 3.73.